The molecule has 2 fully saturated rings. The van der Waals surface area contributed by atoms with Crippen LogP contribution in [0.2, 0.25) is 0 Å². The molecular weight excluding hydrogens is 250 g/mol. The Hall–Kier alpha value is -0.970. The van der Waals surface area contributed by atoms with E-state index in [0.29, 0.717) is 17.2 Å². The highest BCUT2D eigenvalue weighted by molar-refractivity contribution is 8.00. The molecule has 1 aliphatic heterocycles. The van der Waals surface area contributed by atoms with E-state index in [1.54, 1.807) is 23.6 Å². The smallest absolute Gasteiger partial charge is 0.327 e. The maximum atomic E-state index is 12.4. The molecule has 0 radical (unpaired) electrons. The Balaban J connectivity index is 2.20. The molecule has 1 heterocycles. The summed E-state index contributed by atoms with van der Waals surface area (Å²) in [6.45, 7) is 3.75. The molecule has 2 rings (SSSR count). The summed E-state index contributed by atoms with van der Waals surface area (Å²) in [7, 11) is 0. The lowest BCUT2D eigenvalue weighted by Crippen LogP contribution is -2.46. The van der Waals surface area contributed by atoms with Gasteiger partial charge in [-0.3, -0.25) is 4.79 Å². The number of hydrogen-bond donors (Lipinski definition) is 1. The van der Waals surface area contributed by atoms with Crippen molar-refractivity contribution in [1.29, 1.82) is 0 Å². The largest absolute Gasteiger partial charge is 0.480 e. The Morgan fingerprint density at radius 3 is 2.61 bits per heavy atom. The number of aliphatic carboxylic acids is 1. The average Bonchev–Trinajstić information content (AvgIpc) is 3.07. The number of allylic oxidation sites excluding steroid dienone is 1. The van der Waals surface area contributed by atoms with Gasteiger partial charge in [-0.2, -0.15) is 0 Å². The Kier molecular flexibility index (Phi) is 4.00. The third kappa shape index (κ3) is 2.55. The molecule has 1 amide bonds. The van der Waals surface area contributed by atoms with Gasteiger partial charge in [0.1, 0.15) is 6.04 Å². The van der Waals surface area contributed by atoms with Crippen molar-refractivity contribution in [3.63, 3.8) is 0 Å². The molecule has 0 aromatic heterocycles. The van der Waals surface area contributed by atoms with Crippen molar-refractivity contribution in [1.82, 2.24) is 4.90 Å². The van der Waals surface area contributed by atoms with Gasteiger partial charge < -0.3 is 10.0 Å². The molecule has 1 N–H and O–H groups in total. The Bertz CT molecular complexity index is 390. The molecule has 0 bridgehead atoms. The number of rotatable bonds is 4. The fourth-order valence-corrected chi connectivity index (χ4v) is 3.95. The molecule has 1 saturated heterocycles. The van der Waals surface area contributed by atoms with Crippen LogP contribution < -0.4 is 0 Å². The van der Waals surface area contributed by atoms with Gasteiger partial charge in [0.05, 0.1) is 5.37 Å². The molecule has 2 atom stereocenters. The Labute approximate surface area is 111 Å². The molecule has 100 valence electrons. The topological polar surface area (TPSA) is 57.6 Å². The number of carboxylic acids is 1. The normalized spacial score (nSPS) is 28.6. The summed E-state index contributed by atoms with van der Waals surface area (Å²) in [5.74, 6) is 0.0222. The van der Waals surface area contributed by atoms with Gasteiger partial charge in [-0.05, 0) is 32.1 Å². The molecular formula is C13H19NO3S. The zero-order chi connectivity index (χ0) is 13.3. The van der Waals surface area contributed by atoms with E-state index in [2.05, 4.69) is 0 Å². The van der Waals surface area contributed by atoms with Crippen molar-refractivity contribution < 1.29 is 14.7 Å². The highest BCUT2D eigenvalue weighted by atomic mass is 32.2. The fourth-order valence-electron chi connectivity index (χ4n) is 2.32. The predicted molar refractivity (Wildman–Crippen MR) is 71.3 cm³/mol. The van der Waals surface area contributed by atoms with Gasteiger partial charge in [-0.25, -0.2) is 4.79 Å². The Morgan fingerprint density at radius 1 is 1.44 bits per heavy atom. The minimum atomic E-state index is -0.886. The van der Waals surface area contributed by atoms with Crippen LogP contribution in [-0.2, 0) is 9.59 Å². The molecule has 1 saturated carbocycles. The first-order valence-corrected chi connectivity index (χ1v) is 7.45. The van der Waals surface area contributed by atoms with Gasteiger partial charge in [0.25, 0.3) is 5.91 Å². The average molecular weight is 269 g/mol. The van der Waals surface area contributed by atoms with Gasteiger partial charge in [0, 0.05) is 11.3 Å². The maximum absolute atomic E-state index is 12.4. The summed E-state index contributed by atoms with van der Waals surface area (Å²) in [6, 6.07) is -0.659. The van der Waals surface area contributed by atoms with E-state index in [4.69, 9.17) is 0 Å². The van der Waals surface area contributed by atoms with Gasteiger partial charge in [0.2, 0.25) is 0 Å². The van der Waals surface area contributed by atoms with Gasteiger partial charge in [-0.15, -0.1) is 11.8 Å². The zero-order valence-electron chi connectivity index (χ0n) is 10.8. The molecule has 1 aliphatic carbocycles. The first-order valence-electron chi connectivity index (χ1n) is 6.40. The van der Waals surface area contributed by atoms with E-state index >= 15 is 0 Å². The molecule has 5 heteroatoms. The SMILES string of the molecule is CCC=C(C)C(=O)N1C(C(=O)O)CSC1C1CC1. The van der Waals surface area contributed by atoms with E-state index in [9.17, 15) is 14.7 Å². The number of hydrogen-bond acceptors (Lipinski definition) is 3. The quantitative estimate of drug-likeness (QED) is 0.794. The third-order valence-electron chi connectivity index (χ3n) is 3.43. The predicted octanol–water partition coefficient (Wildman–Crippen LogP) is 2.11. The second-order valence-corrected chi connectivity index (χ2v) is 6.07. The highest BCUT2D eigenvalue weighted by Crippen LogP contribution is 2.45. The second kappa shape index (κ2) is 5.34. The number of nitrogens with zero attached hydrogens (tertiary/aromatic N) is 1. The lowest BCUT2D eigenvalue weighted by molar-refractivity contribution is -0.147. The molecule has 0 aromatic carbocycles. The summed E-state index contributed by atoms with van der Waals surface area (Å²) in [5, 5.41) is 9.31. The van der Waals surface area contributed by atoms with Crippen LogP contribution in [0.25, 0.3) is 0 Å². The minimum Gasteiger partial charge on any atom is -0.480 e. The maximum Gasteiger partial charge on any atom is 0.327 e. The third-order valence-corrected chi connectivity index (χ3v) is 4.89. The van der Waals surface area contributed by atoms with Crippen LogP contribution in [0.15, 0.2) is 11.6 Å². The van der Waals surface area contributed by atoms with Gasteiger partial charge >= 0.3 is 5.97 Å². The molecule has 0 spiro atoms. The number of carboxylic acid groups (broad SMARTS) is 1. The van der Waals surface area contributed by atoms with E-state index in [0.717, 1.165) is 19.3 Å². The Morgan fingerprint density at radius 2 is 2.11 bits per heavy atom. The number of carbonyl (C=O) groups excluding carboxylic acids is 1. The van der Waals surface area contributed by atoms with Crippen LogP contribution in [0.5, 0.6) is 0 Å². The zero-order valence-corrected chi connectivity index (χ0v) is 11.6. The first-order chi connectivity index (χ1) is 8.56. The van der Waals surface area contributed by atoms with Crippen molar-refractivity contribution in [2.75, 3.05) is 5.75 Å². The van der Waals surface area contributed by atoms with Crippen molar-refractivity contribution in [2.24, 2.45) is 5.92 Å². The molecule has 2 unspecified atom stereocenters. The number of amides is 1. The summed E-state index contributed by atoms with van der Waals surface area (Å²) >= 11 is 1.62. The summed E-state index contributed by atoms with van der Waals surface area (Å²) < 4.78 is 0. The monoisotopic (exact) mass is 269 g/mol. The van der Waals surface area contributed by atoms with Crippen LogP contribution in [0, 0.1) is 5.92 Å². The van der Waals surface area contributed by atoms with Crippen molar-refractivity contribution in [3.05, 3.63) is 11.6 Å². The standard InChI is InChI=1S/C13H19NO3S/c1-3-4-8(2)11(15)14-10(13(16)17)7-18-12(14)9-5-6-9/h4,9-10,12H,3,5-7H2,1-2H3,(H,16,17). The number of carbonyl (C=O) groups is 2. The van der Waals surface area contributed by atoms with Crippen LogP contribution in [0.3, 0.4) is 0 Å². The minimum absolute atomic E-state index is 0.0683. The summed E-state index contributed by atoms with van der Waals surface area (Å²) in [5.41, 5.74) is 0.664. The van der Waals surface area contributed by atoms with Crippen LogP contribution in [-0.4, -0.2) is 39.1 Å². The molecule has 18 heavy (non-hydrogen) atoms. The van der Waals surface area contributed by atoms with E-state index < -0.39 is 12.0 Å². The van der Waals surface area contributed by atoms with E-state index in [1.807, 2.05) is 13.0 Å². The van der Waals surface area contributed by atoms with E-state index in [-0.39, 0.29) is 11.3 Å². The lowest BCUT2D eigenvalue weighted by Gasteiger charge is -2.27. The summed E-state index contributed by atoms with van der Waals surface area (Å²) in [6.07, 6.45) is 4.90. The van der Waals surface area contributed by atoms with Crippen LogP contribution >= 0.6 is 11.8 Å². The van der Waals surface area contributed by atoms with Gasteiger partial charge in [-0.1, -0.05) is 13.0 Å². The molecule has 0 aromatic rings. The van der Waals surface area contributed by atoms with Crippen LogP contribution in [0.4, 0.5) is 0 Å². The lowest BCUT2D eigenvalue weighted by atomic mass is 10.1. The van der Waals surface area contributed by atoms with Crippen molar-refractivity contribution in [3.8, 4) is 0 Å². The molecule has 4 nitrogen and oxygen atoms in total. The van der Waals surface area contributed by atoms with E-state index in [1.165, 1.54) is 0 Å². The fraction of sp³-hybridized carbons (Fsp3) is 0.692. The highest BCUT2D eigenvalue weighted by Gasteiger charge is 2.48. The second-order valence-electron chi connectivity index (χ2n) is 4.92. The summed E-state index contributed by atoms with van der Waals surface area (Å²) in [4.78, 5) is 25.2. The van der Waals surface area contributed by atoms with Crippen molar-refractivity contribution >= 4 is 23.6 Å². The van der Waals surface area contributed by atoms with Crippen LogP contribution in [0.1, 0.15) is 33.1 Å². The van der Waals surface area contributed by atoms with Crippen molar-refractivity contribution in [2.45, 2.75) is 44.5 Å². The van der Waals surface area contributed by atoms with Gasteiger partial charge in [0.15, 0.2) is 0 Å². The molecule has 2 aliphatic rings. The number of thioether (sulfide) groups is 1. The first kappa shape index (κ1) is 13.5.